The summed E-state index contributed by atoms with van der Waals surface area (Å²) in [5.41, 5.74) is 0.429. The second-order valence-corrected chi connectivity index (χ2v) is 7.20. The predicted molar refractivity (Wildman–Crippen MR) is 85.6 cm³/mol. The van der Waals surface area contributed by atoms with Gasteiger partial charge in [0.2, 0.25) is 5.78 Å². The second-order valence-electron chi connectivity index (χ2n) is 4.78. The zero-order valence-electron chi connectivity index (χ0n) is 12.2. The van der Waals surface area contributed by atoms with Crippen LogP contribution in [0.5, 0.6) is 0 Å². The van der Waals surface area contributed by atoms with Crippen LogP contribution in [0.4, 0.5) is 0 Å². The third-order valence-electron chi connectivity index (χ3n) is 3.03. The van der Waals surface area contributed by atoms with Gasteiger partial charge in [0.15, 0.2) is 16.4 Å². The first kappa shape index (κ1) is 17.2. The van der Waals surface area contributed by atoms with E-state index in [0.717, 1.165) is 6.26 Å². The van der Waals surface area contributed by atoms with E-state index in [9.17, 15) is 18.0 Å². The highest BCUT2D eigenvalue weighted by molar-refractivity contribution is 7.90. The molecule has 0 aliphatic rings. The van der Waals surface area contributed by atoms with Crippen molar-refractivity contribution in [2.24, 2.45) is 0 Å². The Morgan fingerprint density at radius 1 is 1.04 bits per heavy atom. The zero-order chi connectivity index (χ0) is 17.0. The lowest BCUT2D eigenvalue weighted by Crippen LogP contribution is -2.14. The molecule has 0 unspecified atom stereocenters. The molecule has 0 aliphatic heterocycles. The zero-order valence-corrected chi connectivity index (χ0v) is 13.7. The first-order valence-corrected chi connectivity index (χ1v) is 8.81. The number of halogens is 1. The average Bonchev–Trinajstić information content (AvgIpc) is 2.52. The van der Waals surface area contributed by atoms with Gasteiger partial charge in [-0.1, -0.05) is 23.7 Å². The molecule has 23 heavy (non-hydrogen) atoms. The van der Waals surface area contributed by atoms with Gasteiger partial charge in [0.25, 0.3) is 0 Å². The predicted octanol–water partition coefficient (Wildman–Crippen LogP) is 2.78. The van der Waals surface area contributed by atoms with E-state index in [1.165, 1.54) is 24.3 Å². The third kappa shape index (κ3) is 4.40. The first-order chi connectivity index (χ1) is 10.8. The number of Topliss-reactive ketones (excluding diaryl/α,β-unsaturated/α-hetero) is 1. The lowest BCUT2D eigenvalue weighted by molar-refractivity contribution is 0.0474. The van der Waals surface area contributed by atoms with Gasteiger partial charge in [-0.05, 0) is 36.4 Å². The van der Waals surface area contributed by atoms with Gasteiger partial charge in [-0.15, -0.1) is 0 Å². The number of rotatable bonds is 5. The standard InChI is InChI=1S/C16H13ClO5S/c1-23(20,21)12-8-6-11(7-9-12)16(19)22-10-15(18)13-4-2-3-5-14(13)17/h2-9H,10H2,1H3. The molecule has 2 rings (SSSR count). The second kappa shape index (κ2) is 6.93. The van der Waals surface area contributed by atoms with E-state index >= 15 is 0 Å². The molecular weight excluding hydrogens is 340 g/mol. The Labute approximate surface area is 138 Å². The van der Waals surface area contributed by atoms with E-state index < -0.39 is 28.2 Å². The van der Waals surface area contributed by atoms with Gasteiger partial charge in [0.1, 0.15) is 0 Å². The summed E-state index contributed by atoms with van der Waals surface area (Å²) in [4.78, 5) is 23.9. The molecule has 0 amide bonds. The van der Waals surface area contributed by atoms with Crippen molar-refractivity contribution in [3.8, 4) is 0 Å². The van der Waals surface area contributed by atoms with Crippen LogP contribution < -0.4 is 0 Å². The maximum absolute atomic E-state index is 11.9. The minimum absolute atomic E-state index is 0.0983. The highest BCUT2D eigenvalue weighted by Gasteiger charge is 2.15. The van der Waals surface area contributed by atoms with Gasteiger partial charge in [-0.25, -0.2) is 13.2 Å². The number of hydrogen-bond donors (Lipinski definition) is 0. The molecular formula is C16H13ClO5S. The maximum Gasteiger partial charge on any atom is 0.338 e. The van der Waals surface area contributed by atoms with E-state index in [0.29, 0.717) is 0 Å². The Hall–Kier alpha value is -2.18. The number of carbonyl (C=O) groups excluding carboxylic acids is 2. The highest BCUT2D eigenvalue weighted by atomic mass is 35.5. The molecule has 120 valence electrons. The molecule has 2 aromatic rings. The molecule has 0 radical (unpaired) electrons. The van der Waals surface area contributed by atoms with Gasteiger partial charge in [-0.3, -0.25) is 4.79 Å². The molecule has 0 saturated heterocycles. The molecule has 0 bridgehead atoms. The Morgan fingerprint density at radius 2 is 1.65 bits per heavy atom. The van der Waals surface area contributed by atoms with Crippen LogP contribution in [-0.4, -0.2) is 33.0 Å². The normalized spacial score (nSPS) is 11.0. The van der Waals surface area contributed by atoms with Crippen molar-refractivity contribution in [1.29, 1.82) is 0 Å². The van der Waals surface area contributed by atoms with Crippen LogP contribution in [0.1, 0.15) is 20.7 Å². The highest BCUT2D eigenvalue weighted by Crippen LogP contribution is 2.16. The lowest BCUT2D eigenvalue weighted by atomic mass is 10.1. The van der Waals surface area contributed by atoms with Crippen LogP contribution in [0.2, 0.25) is 5.02 Å². The van der Waals surface area contributed by atoms with Crippen LogP contribution >= 0.6 is 11.6 Å². The Morgan fingerprint density at radius 3 is 2.22 bits per heavy atom. The van der Waals surface area contributed by atoms with Gasteiger partial charge in [-0.2, -0.15) is 0 Å². The van der Waals surface area contributed by atoms with Crippen LogP contribution in [-0.2, 0) is 14.6 Å². The molecule has 0 saturated carbocycles. The van der Waals surface area contributed by atoms with Crippen molar-refractivity contribution < 1.29 is 22.7 Å². The summed E-state index contributed by atoms with van der Waals surface area (Å²) in [6.45, 7) is -0.448. The molecule has 0 fully saturated rings. The van der Waals surface area contributed by atoms with E-state index in [-0.39, 0.29) is 21.0 Å². The smallest absolute Gasteiger partial charge is 0.338 e. The summed E-state index contributed by atoms with van der Waals surface area (Å²) in [5, 5.41) is 0.283. The van der Waals surface area contributed by atoms with Crippen LogP contribution in [0.25, 0.3) is 0 Å². The molecule has 0 atom stereocenters. The number of hydrogen-bond acceptors (Lipinski definition) is 5. The Bertz CT molecular complexity index is 841. The summed E-state index contributed by atoms with van der Waals surface area (Å²) in [5.74, 6) is -1.14. The fraction of sp³-hybridized carbons (Fsp3) is 0.125. The quantitative estimate of drug-likeness (QED) is 0.610. The fourth-order valence-corrected chi connectivity index (χ4v) is 2.69. The molecule has 0 spiro atoms. The van der Waals surface area contributed by atoms with Crippen LogP contribution in [0.3, 0.4) is 0 Å². The molecule has 0 N–H and O–H groups in total. The number of ether oxygens (including phenoxy) is 1. The monoisotopic (exact) mass is 352 g/mol. The largest absolute Gasteiger partial charge is 0.454 e. The molecule has 0 aromatic heterocycles. The van der Waals surface area contributed by atoms with Crippen LogP contribution in [0, 0.1) is 0 Å². The van der Waals surface area contributed by atoms with Gasteiger partial charge < -0.3 is 4.74 Å². The van der Waals surface area contributed by atoms with E-state index in [4.69, 9.17) is 16.3 Å². The van der Waals surface area contributed by atoms with Gasteiger partial charge in [0.05, 0.1) is 15.5 Å². The maximum atomic E-state index is 11.9. The average molecular weight is 353 g/mol. The molecule has 2 aromatic carbocycles. The summed E-state index contributed by atoms with van der Waals surface area (Å²) in [7, 11) is -3.33. The molecule has 5 nitrogen and oxygen atoms in total. The molecule has 7 heteroatoms. The number of esters is 1. The van der Waals surface area contributed by atoms with Crippen molar-refractivity contribution in [2.45, 2.75) is 4.90 Å². The summed E-state index contributed by atoms with van der Waals surface area (Å²) in [6.07, 6.45) is 1.07. The number of sulfone groups is 1. The van der Waals surface area contributed by atoms with Gasteiger partial charge >= 0.3 is 5.97 Å². The van der Waals surface area contributed by atoms with Crippen molar-refractivity contribution >= 4 is 33.2 Å². The van der Waals surface area contributed by atoms with Crippen molar-refractivity contribution in [2.75, 3.05) is 12.9 Å². The number of carbonyl (C=O) groups is 2. The van der Waals surface area contributed by atoms with E-state index in [1.807, 2.05) is 0 Å². The van der Waals surface area contributed by atoms with Crippen LogP contribution in [0.15, 0.2) is 53.4 Å². The number of ketones is 1. The summed E-state index contributed by atoms with van der Waals surface area (Å²) in [6, 6.07) is 11.7. The SMILES string of the molecule is CS(=O)(=O)c1ccc(C(=O)OCC(=O)c2ccccc2Cl)cc1. The van der Waals surface area contributed by atoms with E-state index in [2.05, 4.69) is 0 Å². The molecule has 0 heterocycles. The van der Waals surface area contributed by atoms with Crippen molar-refractivity contribution in [3.05, 3.63) is 64.7 Å². The molecule has 0 aliphatic carbocycles. The topological polar surface area (TPSA) is 77.5 Å². The minimum Gasteiger partial charge on any atom is -0.454 e. The minimum atomic E-state index is -3.33. The fourth-order valence-electron chi connectivity index (χ4n) is 1.82. The Kier molecular flexibility index (Phi) is 5.18. The van der Waals surface area contributed by atoms with Crippen molar-refractivity contribution in [3.63, 3.8) is 0 Å². The Balaban J connectivity index is 2.03. The first-order valence-electron chi connectivity index (χ1n) is 6.54. The summed E-state index contributed by atoms with van der Waals surface area (Å²) >= 11 is 5.89. The lowest BCUT2D eigenvalue weighted by Gasteiger charge is -2.06. The third-order valence-corrected chi connectivity index (χ3v) is 4.48. The van der Waals surface area contributed by atoms with E-state index in [1.54, 1.807) is 24.3 Å². The van der Waals surface area contributed by atoms with Gasteiger partial charge in [0, 0.05) is 11.8 Å². The summed E-state index contributed by atoms with van der Waals surface area (Å²) < 4.78 is 27.6. The number of benzene rings is 2. The van der Waals surface area contributed by atoms with Crippen molar-refractivity contribution in [1.82, 2.24) is 0 Å².